The van der Waals surface area contributed by atoms with Crippen molar-refractivity contribution in [2.75, 3.05) is 19.8 Å². The van der Waals surface area contributed by atoms with Crippen molar-refractivity contribution in [3.8, 4) is 11.5 Å². The molecular weight excluding hydrogens is 280 g/mol. The predicted molar refractivity (Wildman–Crippen MR) is 83.9 cm³/mol. The van der Waals surface area contributed by atoms with Crippen LogP contribution < -0.4 is 20.5 Å². The summed E-state index contributed by atoms with van der Waals surface area (Å²) in [6, 6.07) is 5.79. The minimum atomic E-state index is -0.0534. The van der Waals surface area contributed by atoms with Crippen molar-refractivity contribution in [2.24, 2.45) is 17.6 Å². The predicted octanol–water partition coefficient (Wildman–Crippen LogP) is 2.01. The number of fused-ring (bicyclic) bond motifs is 1. The van der Waals surface area contributed by atoms with Gasteiger partial charge in [-0.2, -0.15) is 0 Å². The molecule has 3 N–H and O–H groups in total. The second-order valence-corrected chi connectivity index (χ2v) is 6.17. The summed E-state index contributed by atoms with van der Waals surface area (Å²) < 4.78 is 11.1. The van der Waals surface area contributed by atoms with Gasteiger partial charge in [0.2, 0.25) is 5.91 Å². The lowest BCUT2D eigenvalue weighted by Gasteiger charge is -2.23. The van der Waals surface area contributed by atoms with Crippen LogP contribution in [0.15, 0.2) is 18.2 Å². The van der Waals surface area contributed by atoms with Crippen LogP contribution in [-0.4, -0.2) is 25.7 Å². The Morgan fingerprint density at radius 1 is 1.32 bits per heavy atom. The van der Waals surface area contributed by atoms with E-state index < -0.39 is 0 Å². The number of hydrogen-bond acceptors (Lipinski definition) is 4. The lowest BCUT2D eigenvalue weighted by atomic mass is 9.94. The normalized spacial score (nSPS) is 24.8. The molecule has 0 radical (unpaired) electrons. The number of nitrogens with one attached hydrogen (secondary N) is 1. The van der Waals surface area contributed by atoms with Crippen LogP contribution in [0, 0.1) is 11.8 Å². The molecule has 2 aliphatic rings. The quantitative estimate of drug-likeness (QED) is 0.892. The molecule has 0 saturated heterocycles. The SMILES string of the molecule is CC(NC(=O)[C@@H]1CCC[C@@H]1CN)c1ccc2c(c1)OCCO2. The van der Waals surface area contributed by atoms with E-state index in [4.69, 9.17) is 15.2 Å². The zero-order chi connectivity index (χ0) is 15.5. The van der Waals surface area contributed by atoms with Crippen molar-refractivity contribution in [1.29, 1.82) is 0 Å². The highest BCUT2D eigenvalue weighted by molar-refractivity contribution is 5.79. The fourth-order valence-corrected chi connectivity index (χ4v) is 3.40. The van der Waals surface area contributed by atoms with Gasteiger partial charge in [-0.1, -0.05) is 12.5 Å². The highest BCUT2D eigenvalue weighted by atomic mass is 16.6. The first-order valence-corrected chi connectivity index (χ1v) is 8.09. The smallest absolute Gasteiger partial charge is 0.223 e. The third kappa shape index (κ3) is 3.04. The van der Waals surface area contributed by atoms with E-state index in [1.807, 2.05) is 25.1 Å². The molecule has 22 heavy (non-hydrogen) atoms. The van der Waals surface area contributed by atoms with E-state index in [1.165, 1.54) is 0 Å². The zero-order valence-corrected chi connectivity index (χ0v) is 13.0. The molecule has 0 spiro atoms. The van der Waals surface area contributed by atoms with Gasteiger partial charge < -0.3 is 20.5 Å². The number of nitrogens with two attached hydrogens (primary N) is 1. The first-order chi connectivity index (χ1) is 10.7. The molecular formula is C17H24N2O3. The van der Waals surface area contributed by atoms with Gasteiger partial charge in [0.15, 0.2) is 11.5 Å². The van der Waals surface area contributed by atoms with Crippen molar-refractivity contribution in [2.45, 2.75) is 32.2 Å². The van der Waals surface area contributed by atoms with E-state index in [0.29, 0.717) is 25.7 Å². The molecule has 1 aliphatic heterocycles. The Morgan fingerprint density at radius 2 is 2.09 bits per heavy atom. The molecule has 1 unspecified atom stereocenters. The largest absolute Gasteiger partial charge is 0.486 e. The molecule has 1 heterocycles. The van der Waals surface area contributed by atoms with Crippen LogP contribution in [0.25, 0.3) is 0 Å². The maximum Gasteiger partial charge on any atom is 0.223 e. The van der Waals surface area contributed by atoms with Gasteiger partial charge in [-0.25, -0.2) is 0 Å². The number of carbonyl (C=O) groups excluding carboxylic acids is 1. The topological polar surface area (TPSA) is 73.6 Å². The Kier molecular flexibility index (Phi) is 4.52. The molecule has 1 aliphatic carbocycles. The third-order valence-electron chi connectivity index (χ3n) is 4.72. The van der Waals surface area contributed by atoms with Crippen molar-refractivity contribution in [3.05, 3.63) is 23.8 Å². The Labute approximate surface area is 131 Å². The summed E-state index contributed by atoms with van der Waals surface area (Å²) in [5, 5.41) is 3.12. The molecule has 0 aromatic heterocycles. The molecule has 3 atom stereocenters. The van der Waals surface area contributed by atoms with Crippen LogP contribution in [0.1, 0.15) is 37.8 Å². The van der Waals surface area contributed by atoms with E-state index in [1.54, 1.807) is 0 Å². The molecule has 1 aromatic carbocycles. The van der Waals surface area contributed by atoms with Crippen LogP contribution in [-0.2, 0) is 4.79 Å². The highest BCUT2D eigenvalue weighted by Gasteiger charge is 2.32. The Balaban J connectivity index is 1.66. The first-order valence-electron chi connectivity index (χ1n) is 8.09. The molecule has 1 amide bonds. The van der Waals surface area contributed by atoms with E-state index in [0.717, 1.165) is 36.3 Å². The molecule has 5 nitrogen and oxygen atoms in total. The maximum atomic E-state index is 12.5. The standard InChI is InChI=1S/C17H24N2O3/c1-11(19-17(20)14-4-2-3-13(14)10-18)12-5-6-15-16(9-12)22-8-7-21-15/h5-6,9,11,13-14H,2-4,7-8,10,18H2,1H3,(H,19,20)/t11?,13-,14-/m1/s1. The van der Waals surface area contributed by atoms with Gasteiger partial charge >= 0.3 is 0 Å². The molecule has 1 fully saturated rings. The van der Waals surface area contributed by atoms with Gasteiger partial charge in [0.25, 0.3) is 0 Å². The molecule has 3 rings (SSSR count). The summed E-state index contributed by atoms with van der Waals surface area (Å²) in [5.41, 5.74) is 6.80. The average molecular weight is 304 g/mol. The first kappa shape index (κ1) is 15.2. The van der Waals surface area contributed by atoms with Crippen LogP contribution in [0.3, 0.4) is 0 Å². The highest BCUT2D eigenvalue weighted by Crippen LogP contribution is 2.34. The molecule has 1 aromatic rings. The second-order valence-electron chi connectivity index (χ2n) is 6.17. The van der Waals surface area contributed by atoms with E-state index >= 15 is 0 Å². The van der Waals surface area contributed by atoms with Gasteiger partial charge in [-0.3, -0.25) is 4.79 Å². The number of hydrogen-bond donors (Lipinski definition) is 2. The van der Waals surface area contributed by atoms with Gasteiger partial charge in [0, 0.05) is 5.92 Å². The van der Waals surface area contributed by atoms with Crippen molar-refractivity contribution >= 4 is 5.91 Å². The van der Waals surface area contributed by atoms with Crippen molar-refractivity contribution in [1.82, 2.24) is 5.32 Å². The van der Waals surface area contributed by atoms with Crippen LogP contribution >= 0.6 is 0 Å². The minimum Gasteiger partial charge on any atom is -0.486 e. The molecule has 5 heteroatoms. The van der Waals surface area contributed by atoms with E-state index in [9.17, 15) is 4.79 Å². The summed E-state index contributed by atoms with van der Waals surface area (Å²) in [6.07, 6.45) is 3.10. The van der Waals surface area contributed by atoms with Crippen LogP contribution in [0.4, 0.5) is 0 Å². The summed E-state index contributed by atoms with van der Waals surface area (Å²) in [4.78, 5) is 12.5. The van der Waals surface area contributed by atoms with Crippen molar-refractivity contribution in [3.63, 3.8) is 0 Å². The fraction of sp³-hybridized carbons (Fsp3) is 0.588. The number of ether oxygens (including phenoxy) is 2. The van der Waals surface area contributed by atoms with Gasteiger partial charge in [-0.05, 0) is 49.9 Å². The second kappa shape index (κ2) is 6.57. The summed E-state index contributed by atoms with van der Waals surface area (Å²) in [6.45, 7) is 3.74. The van der Waals surface area contributed by atoms with Gasteiger partial charge in [-0.15, -0.1) is 0 Å². The van der Waals surface area contributed by atoms with Crippen LogP contribution in [0.2, 0.25) is 0 Å². The molecule has 1 saturated carbocycles. The lowest BCUT2D eigenvalue weighted by molar-refractivity contribution is -0.126. The van der Waals surface area contributed by atoms with Crippen molar-refractivity contribution < 1.29 is 14.3 Å². The van der Waals surface area contributed by atoms with E-state index in [-0.39, 0.29) is 17.9 Å². The van der Waals surface area contributed by atoms with Crippen LogP contribution in [0.5, 0.6) is 11.5 Å². The number of amides is 1. The molecule has 0 bridgehead atoms. The average Bonchev–Trinajstić information content (AvgIpc) is 3.03. The van der Waals surface area contributed by atoms with E-state index in [2.05, 4.69) is 5.32 Å². The lowest BCUT2D eigenvalue weighted by Crippen LogP contribution is -2.36. The summed E-state index contributed by atoms with van der Waals surface area (Å²) >= 11 is 0. The molecule has 120 valence electrons. The Morgan fingerprint density at radius 3 is 2.86 bits per heavy atom. The maximum absolute atomic E-state index is 12.5. The van der Waals surface area contributed by atoms with Gasteiger partial charge in [0.1, 0.15) is 13.2 Å². The summed E-state index contributed by atoms with van der Waals surface area (Å²) in [5.74, 6) is 2.03. The minimum absolute atomic E-state index is 0.0534. The monoisotopic (exact) mass is 304 g/mol. The zero-order valence-electron chi connectivity index (χ0n) is 13.0. The fourth-order valence-electron chi connectivity index (χ4n) is 3.40. The third-order valence-corrected chi connectivity index (χ3v) is 4.72. The number of benzene rings is 1. The number of carbonyl (C=O) groups is 1. The summed E-state index contributed by atoms with van der Waals surface area (Å²) in [7, 11) is 0. The van der Waals surface area contributed by atoms with Gasteiger partial charge in [0.05, 0.1) is 6.04 Å². The Hall–Kier alpha value is -1.75. The number of rotatable bonds is 4. The Bertz CT molecular complexity index is 547.